The highest BCUT2D eigenvalue weighted by atomic mass is 16.6. The van der Waals surface area contributed by atoms with Gasteiger partial charge in [-0.2, -0.15) is 0 Å². The molecule has 8 nitrogen and oxygen atoms in total. The Balaban J connectivity index is 2.24. The number of imide groups is 1. The Kier molecular flexibility index (Phi) is 7.70. The molecule has 0 saturated carbocycles. The number of carbonyl (C=O) groups excluding carboxylic acids is 3. The standard InChI is InChI=1S/C15H18N2O6/c1-3-8-16-15(20)17-13(18)9-23-14(19)10-22-12-6-4-11(21-2)5-7-12/h3-7H,1,8-10H2,2H3,(H2,16,17,18,20). The average molecular weight is 322 g/mol. The van der Waals surface area contributed by atoms with Gasteiger partial charge < -0.3 is 19.5 Å². The maximum absolute atomic E-state index is 11.4. The maximum Gasteiger partial charge on any atom is 0.344 e. The van der Waals surface area contributed by atoms with E-state index < -0.39 is 24.5 Å². The Morgan fingerprint density at radius 3 is 2.39 bits per heavy atom. The van der Waals surface area contributed by atoms with E-state index in [1.54, 1.807) is 24.3 Å². The van der Waals surface area contributed by atoms with Crippen LogP contribution in [0.25, 0.3) is 0 Å². The van der Waals surface area contributed by atoms with E-state index in [0.717, 1.165) is 0 Å². The molecule has 0 atom stereocenters. The van der Waals surface area contributed by atoms with Crippen LogP contribution in [0.4, 0.5) is 4.79 Å². The number of rotatable bonds is 8. The van der Waals surface area contributed by atoms with E-state index in [2.05, 4.69) is 16.6 Å². The molecule has 0 fully saturated rings. The molecule has 0 aliphatic rings. The predicted molar refractivity (Wildman–Crippen MR) is 81.2 cm³/mol. The van der Waals surface area contributed by atoms with Gasteiger partial charge in [0, 0.05) is 6.54 Å². The normalized spacial score (nSPS) is 9.43. The van der Waals surface area contributed by atoms with Gasteiger partial charge in [0.25, 0.3) is 5.91 Å². The first-order valence-electron chi connectivity index (χ1n) is 6.66. The number of benzene rings is 1. The van der Waals surface area contributed by atoms with Gasteiger partial charge in [0.05, 0.1) is 7.11 Å². The van der Waals surface area contributed by atoms with Gasteiger partial charge in [0.15, 0.2) is 13.2 Å². The summed E-state index contributed by atoms with van der Waals surface area (Å²) in [5.74, 6) is -0.367. The van der Waals surface area contributed by atoms with Gasteiger partial charge in [-0.25, -0.2) is 9.59 Å². The number of hydrogen-bond acceptors (Lipinski definition) is 6. The number of nitrogens with one attached hydrogen (secondary N) is 2. The number of amides is 3. The molecule has 0 spiro atoms. The van der Waals surface area contributed by atoms with E-state index in [4.69, 9.17) is 9.47 Å². The zero-order valence-corrected chi connectivity index (χ0v) is 12.7. The van der Waals surface area contributed by atoms with Crippen LogP contribution < -0.4 is 20.1 Å². The maximum atomic E-state index is 11.4. The van der Waals surface area contributed by atoms with Crippen LogP contribution in [-0.4, -0.2) is 44.8 Å². The Hall–Kier alpha value is -3.03. The third kappa shape index (κ3) is 7.51. The van der Waals surface area contributed by atoms with Gasteiger partial charge in [-0.1, -0.05) is 6.08 Å². The summed E-state index contributed by atoms with van der Waals surface area (Å²) in [6, 6.07) is 5.91. The van der Waals surface area contributed by atoms with Gasteiger partial charge in [-0.05, 0) is 24.3 Å². The Bertz CT molecular complexity index is 556. The van der Waals surface area contributed by atoms with Crippen molar-refractivity contribution in [3.63, 3.8) is 0 Å². The SMILES string of the molecule is C=CCNC(=O)NC(=O)COC(=O)COc1ccc(OC)cc1. The number of ether oxygens (including phenoxy) is 3. The van der Waals surface area contributed by atoms with Gasteiger partial charge in [0.2, 0.25) is 0 Å². The summed E-state index contributed by atoms with van der Waals surface area (Å²) in [4.78, 5) is 33.9. The van der Waals surface area contributed by atoms with E-state index in [9.17, 15) is 14.4 Å². The molecule has 0 aliphatic heterocycles. The van der Waals surface area contributed by atoms with Crippen LogP contribution in [0.1, 0.15) is 0 Å². The molecule has 23 heavy (non-hydrogen) atoms. The first-order valence-corrected chi connectivity index (χ1v) is 6.66. The summed E-state index contributed by atoms with van der Waals surface area (Å²) in [6.45, 7) is 2.69. The second-order valence-electron chi connectivity index (χ2n) is 4.17. The number of carbonyl (C=O) groups is 3. The monoisotopic (exact) mass is 322 g/mol. The lowest BCUT2D eigenvalue weighted by atomic mass is 10.3. The highest BCUT2D eigenvalue weighted by Gasteiger charge is 2.11. The molecule has 0 aromatic heterocycles. The molecule has 0 bridgehead atoms. The minimum atomic E-state index is -0.746. The van der Waals surface area contributed by atoms with Gasteiger partial charge in [0.1, 0.15) is 11.5 Å². The van der Waals surface area contributed by atoms with Crippen molar-refractivity contribution in [3.05, 3.63) is 36.9 Å². The molecule has 8 heteroatoms. The number of esters is 1. The zero-order valence-electron chi connectivity index (χ0n) is 12.7. The van der Waals surface area contributed by atoms with Crippen molar-refractivity contribution in [2.45, 2.75) is 0 Å². The molecular weight excluding hydrogens is 304 g/mol. The number of methoxy groups -OCH3 is 1. The second kappa shape index (κ2) is 9.82. The van der Waals surface area contributed by atoms with Crippen molar-refractivity contribution in [1.82, 2.24) is 10.6 Å². The predicted octanol–water partition coefficient (Wildman–Crippen LogP) is 0.629. The summed E-state index contributed by atoms with van der Waals surface area (Å²) in [6.07, 6.45) is 1.46. The molecule has 3 amide bonds. The van der Waals surface area contributed by atoms with Crippen LogP contribution in [0, 0.1) is 0 Å². The lowest BCUT2D eigenvalue weighted by Gasteiger charge is -2.08. The van der Waals surface area contributed by atoms with Crippen molar-refractivity contribution in [1.29, 1.82) is 0 Å². The van der Waals surface area contributed by atoms with Crippen LogP contribution in [0.2, 0.25) is 0 Å². The fourth-order valence-corrected chi connectivity index (χ4v) is 1.37. The number of urea groups is 1. The fourth-order valence-electron chi connectivity index (χ4n) is 1.37. The lowest BCUT2D eigenvalue weighted by molar-refractivity contribution is -0.150. The van der Waals surface area contributed by atoms with Gasteiger partial charge in [-0.15, -0.1) is 6.58 Å². The number of hydrogen-bond donors (Lipinski definition) is 2. The van der Waals surface area contributed by atoms with Gasteiger partial charge in [-0.3, -0.25) is 10.1 Å². The summed E-state index contributed by atoms with van der Waals surface area (Å²) >= 11 is 0. The molecule has 0 unspecified atom stereocenters. The molecule has 1 aromatic rings. The minimum Gasteiger partial charge on any atom is -0.497 e. The smallest absolute Gasteiger partial charge is 0.344 e. The van der Waals surface area contributed by atoms with Crippen LogP contribution in [0.3, 0.4) is 0 Å². The summed E-state index contributed by atoms with van der Waals surface area (Å²) < 4.78 is 14.8. The molecule has 0 heterocycles. The van der Waals surface area contributed by atoms with Crippen LogP contribution in [-0.2, 0) is 14.3 Å². The van der Waals surface area contributed by atoms with Crippen LogP contribution in [0.5, 0.6) is 11.5 Å². The third-order valence-corrected chi connectivity index (χ3v) is 2.44. The van der Waals surface area contributed by atoms with Crippen molar-refractivity contribution in [2.75, 3.05) is 26.9 Å². The summed E-state index contributed by atoms with van der Waals surface area (Å²) in [7, 11) is 1.54. The van der Waals surface area contributed by atoms with Crippen LogP contribution in [0.15, 0.2) is 36.9 Å². The lowest BCUT2D eigenvalue weighted by Crippen LogP contribution is -2.41. The van der Waals surface area contributed by atoms with E-state index in [1.807, 2.05) is 5.32 Å². The van der Waals surface area contributed by atoms with E-state index in [1.165, 1.54) is 13.2 Å². The van der Waals surface area contributed by atoms with Crippen LogP contribution >= 0.6 is 0 Å². The summed E-state index contributed by atoms with van der Waals surface area (Å²) in [5.41, 5.74) is 0. The molecule has 0 aliphatic carbocycles. The molecule has 1 rings (SSSR count). The molecule has 0 saturated heterocycles. The van der Waals surface area contributed by atoms with E-state index in [0.29, 0.717) is 11.5 Å². The molecule has 124 valence electrons. The Labute approximate surface area is 133 Å². The zero-order chi connectivity index (χ0) is 17.1. The fraction of sp³-hybridized carbons (Fsp3) is 0.267. The van der Waals surface area contributed by atoms with Gasteiger partial charge >= 0.3 is 12.0 Å². The topological polar surface area (TPSA) is 103 Å². The minimum absolute atomic E-state index is 0.217. The molecular formula is C15H18N2O6. The Morgan fingerprint density at radius 2 is 1.78 bits per heavy atom. The second-order valence-corrected chi connectivity index (χ2v) is 4.17. The first kappa shape index (κ1) is 18.0. The quantitative estimate of drug-likeness (QED) is 0.537. The third-order valence-electron chi connectivity index (χ3n) is 2.44. The van der Waals surface area contributed by atoms with Crippen molar-refractivity contribution >= 4 is 17.9 Å². The van der Waals surface area contributed by atoms with Crippen molar-refractivity contribution in [3.8, 4) is 11.5 Å². The van der Waals surface area contributed by atoms with E-state index in [-0.39, 0.29) is 13.2 Å². The highest BCUT2D eigenvalue weighted by molar-refractivity contribution is 5.95. The average Bonchev–Trinajstić information content (AvgIpc) is 2.56. The summed E-state index contributed by atoms with van der Waals surface area (Å²) in [5, 5.41) is 4.33. The van der Waals surface area contributed by atoms with Crippen molar-refractivity contribution < 1.29 is 28.6 Å². The first-order chi connectivity index (χ1) is 11.0. The largest absolute Gasteiger partial charge is 0.497 e. The molecule has 0 radical (unpaired) electrons. The highest BCUT2D eigenvalue weighted by Crippen LogP contribution is 2.16. The molecule has 2 N–H and O–H groups in total. The molecule has 1 aromatic carbocycles. The van der Waals surface area contributed by atoms with E-state index >= 15 is 0 Å². The van der Waals surface area contributed by atoms with Crippen molar-refractivity contribution in [2.24, 2.45) is 0 Å². The Morgan fingerprint density at radius 1 is 1.13 bits per heavy atom.